The maximum Gasteiger partial charge on any atom is 0.262 e. The van der Waals surface area contributed by atoms with Gasteiger partial charge < -0.3 is 10.4 Å². The largest absolute Gasteiger partial charge is 0.396 e. The van der Waals surface area contributed by atoms with E-state index in [4.69, 9.17) is 5.11 Å². The number of carbonyl (C=O) groups excluding carboxylic acids is 1. The summed E-state index contributed by atoms with van der Waals surface area (Å²) in [5.41, 5.74) is 0.421. The first-order chi connectivity index (χ1) is 13.5. The van der Waals surface area contributed by atoms with E-state index < -0.39 is 17.0 Å². The van der Waals surface area contributed by atoms with E-state index in [0.29, 0.717) is 22.5 Å². The Morgan fingerprint density at radius 3 is 2.71 bits per heavy atom. The summed E-state index contributed by atoms with van der Waals surface area (Å²) in [5, 5.41) is 11.9. The fourth-order valence-electron chi connectivity index (χ4n) is 2.67. The SMILES string of the molecule is CC(Sc1nc2ccccc2c(=O)n1CCCO)C(=O)Nc1ccccc1F. The number of aliphatic hydroxyl groups excluding tert-OH is 1. The maximum absolute atomic E-state index is 13.8. The minimum atomic E-state index is -0.618. The molecule has 1 aromatic heterocycles. The molecule has 3 aromatic rings. The third-order valence-corrected chi connectivity index (χ3v) is 5.24. The van der Waals surface area contributed by atoms with Crippen LogP contribution in [0, 0.1) is 5.82 Å². The van der Waals surface area contributed by atoms with Gasteiger partial charge in [-0.3, -0.25) is 14.2 Å². The molecule has 8 heteroatoms. The van der Waals surface area contributed by atoms with E-state index in [2.05, 4.69) is 10.3 Å². The summed E-state index contributed by atoms with van der Waals surface area (Å²) in [5.74, 6) is -0.914. The molecule has 1 heterocycles. The van der Waals surface area contributed by atoms with Gasteiger partial charge in [-0.1, -0.05) is 36.0 Å². The summed E-state index contributed by atoms with van der Waals surface area (Å²) in [4.78, 5) is 29.8. The summed E-state index contributed by atoms with van der Waals surface area (Å²) in [6.07, 6.45) is 0.392. The lowest BCUT2D eigenvalue weighted by Gasteiger charge is -2.16. The number of anilines is 1. The summed E-state index contributed by atoms with van der Waals surface area (Å²) in [6, 6.07) is 12.9. The molecule has 0 saturated heterocycles. The van der Waals surface area contributed by atoms with Crippen molar-refractivity contribution in [3.63, 3.8) is 0 Å². The van der Waals surface area contributed by atoms with E-state index in [0.717, 1.165) is 11.8 Å². The van der Waals surface area contributed by atoms with Gasteiger partial charge in [0.15, 0.2) is 5.16 Å². The highest BCUT2D eigenvalue weighted by Crippen LogP contribution is 2.24. The summed E-state index contributed by atoms with van der Waals surface area (Å²) in [7, 11) is 0. The van der Waals surface area contributed by atoms with Crippen molar-refractivity contribution in [1.82, 2.24) is 9.55 Å². The van der Waals surface area contributed by atoms with Crippen molar-refractivity contribution in [3.05, 3.63) is 64.7 Å². The number of fused-ring (bicyclic) bond motifs is 1. The van der Waals surface area contributed by atoms with E-state index in [9.17, 15) is 14.0 Å². The van der Waals surface area contributed by atoms with Crippen LogP contribution in [0.3, 0.4) is 0 Å². The van der Waals surface area contributed by atoms with E-state index >= 15 is 0 Å². The Morgan fingerprint density at radius 2 is 1.96 bits per heavy atom. The molecule has 0 saturated carbocycles. The van der Waals surface area contributed by atoms with Crippen LogP contribution in [0.2, 0.25) is 0 Å². The van der Waals surface area contributed by atoms with Gasteiger partial charge >= 0.3 is 0 Å². The normalized spacial score (nSPS) is 12.1. The van der Waals surface area contributed by atoms with Gasteiger partial charge in [0.25, 0.3) is 5.56 Å². The highest BCUT2D eigenvalue weighted by molar-refractivity contribution is 8.00. The molecule has 0 bridgehead atoms. The van der Waals surface area contributed by atoms with Crippen molar-refractivity contribution in [2.75, 3.05) is 11.9 Å². The molecule has 1 amide bonds. The average Bonchev–Trinajstić information content (AvgIpc) is 2.69. The summed E-state index contributed by atoms with van der Waals surface area (Å²) >= 11 is 1.12. The van der Waals surface area contributed by atoms with Crippen LogP contribution in [-0.4, -0.2) is 32.4 Å². The average molecular weight is 401 g/mol. The van der Waals surface area contributed by atoms with Gasteiger partial charge in [-0.2, -0.15) is 0 Å². The fraction of sp³-hybridized carbons (Fsp3) is 0.250. The molecule has 0 aliphatic heterocycles. The fourth-order valence-corrected chi connectivity index (χ4v) is 3.61. The second-order valence-corrected chi connectivity index (χ2v) is 7.48. The first kappa shape index (κ1) is 20.0. The van der Waals surface area contributed by atoms with Crippen molar-refractivity contribution >= 4 is 34.3 Å². The second-order valence-electron chi connectivity index (χ2n) is 6.17. The number of nitrogens with zero attached hydrogens (tertiary/aromatic N) is 2. The lowest BCUT2D eigenvalue weighted by atomic mass is 10.2. The Morgan fingerprint density at radius 1 is 1.25 bits per heavy atom. The van der Waals surface area contributed by atoms with Crippen molar-refractivity contribution in [2.45, 2.75) is 30.3 Å². The van der Waals surface area contributed by atoms with Crippen molar-refractivity contribution in [3.8, 4) is 0 Å². The summed E-state index contributed by atoms with van der Waals surface area (Å²) < 4.78 is 15.2. The molecule has 3 rings (SSSR count). The number of aliphatic hydroxyl groups is 1. The Kier molecular flexibility index (Phi) is 6.43. The molecule has 0 fully saturated rings. The van der Waals surface area contributed by atoms with Crippen LogP contribution in [0.25, 0.3) is 10.9 Å². The van der Waals surface area contributed by atoms with Gasteiger partial charge in [-0.25, -0.2) is 9.37 Å². The lowest BCUT2D eigenvalue weighted by Crippen LogP contribution is -2.27. The molecule has 0 aliphatic rings. The number of thioether (sulfide) groups is 1. The van der Waals surface area contributed by atoms with E-state index in [1.807, 2.05) is 0 Å². The van der Waals surface area contributed by atoms with Crippen molar-refractivity contribution in [2.24, 2.45) is 0 Å². The highest BCUT2D eigenvalue weighted by Gasteiger charge is 2.20. The molecule has 2 N–H and O–H groups in total. The van der Waals surface area contributed by atoms with Gasteiger partial charge in [-0.15, -0.1) is 0 Å². The van der Waals surface area contributed by atoms with Crippen LogP contribution in [0.15, 0.2) is 58.5 Å². The van der Waals surface area contributed by atoms with E-state index in [1.165, 1.54) is 16.7 Å². The molecule has 2 aromatic carbocycles. The van der Waals surface area contributed by atoms with Crippen LogP contribution < -0.4 is 10.9 Å². The van der Waals surface area contributed by atoms with E-state index in [-0.39, 0.29) is 24.4 Å². The number of amides is 1. The van der Waals surface area contributed by atoms with Crippen molar-refractivity contribution < 1.29 is 14.3 Å². The van der Waals surface area contributed by atoms with Gasteiger partial charge in [-0.05, 0) is 37.6 Å². The molecule has 1 atom stereocenters. The van der Waals surface area contributed by atoms with Crippen molar-refractivity contribution in [1.29, 1.82) is 0 Å². The molecular weight excluding hydrogens is 381 g/mol. The first-order valence-corrected chi connectivity index (χ1v) is 9.71. The number of aromatic nitrogens is 2. The topological polar surface area (TPSA) is 84.2 Å². The standard InChI is InChI=1S/C20H20FN3O3S/c1-13(18(26)22-17-10-5-3-8-15(17)21)28-20-23-16-9-4-2-7-14(16)19(27)24(20)11-6-12-25/h2-5,7-10,13,25H,6,11-12H2,1H3,(H,22,26). The number of halogens is 1. The molecule has 146 valence electrons. The Labute approximate surface area is 165 Å². The minimum Gasteiger partial charge on any atom is -0.396 e. The quantitative estimate of drug-likeness (QED) is 0.470. The maximum atomic E-state index is 13.8. The van der Waals surface area contributed by atoms with Gasteiger partial charge in [0.1, 0.15) is 5.82 Å². The molecule has 0 spiro atoms. The second kappa shape index (κ2) is 8.99. The van der Waals surface area contributed by atoms with Gasteiger partial charge in [0.05, 0.1) is 21.8 Å². The zero-order chi connectivity index (χ0) is 20.1. The number of hydrogen-bond acceptors (Lipinski definition) is 5. The first-order valence-electron chi connectivity index (χ1n) is 8.83. The molecule has 1 unspecified atom stereocenters. The zero-order valence-electron chi connectivity index (χ0n) is 15.3. The Balaban J connectivity index is 1.88. The van der Waals surface area contributed by atoms with Crippen LogP contribution in [0.4, 0.5) is 10.1 Å². The zero-order valence-corrected chi connectivity index (χ0v) is 16.1. The van der Waals surface area contributed by atoms with Crippen LogP contribution >= 0.6 is 11.8 Å². The number of carbonyl (C=O) groups is 1. The van der Waals surface area contributed by atoms with E-state index in [1.54, 1.807) is 43.3 Å². The number of benzene rings is 2. The van der Waals surface area contributed by atoms with Crippen LogP contribution in [0.1, 0.15) is 13.3 Å². The highest BCUT2D eigenvalue weighted by atomic mass is 32.2. The predicted molar refractivity (Wildman–Crippen MR) is 108 cm³/mol. The minimum absolute atomic E-state index is 0.0628. The monoisotopic (exact) mass is 401 g/mol. The Bertz CT molecular complexity index is 1050. The molecular formula is C20H20FN3O3S. The Hall–Kier alpha value is -2.71. The molecule has 6 nitrogen and oxygen atoms in total. The van der Waals surface area contributed by atoms with Gasteiger partial charge in [0, 0.05) is 13.2 Å². The number of rotatable bonds is 7. The van der Waals surface area contributed by atoms with Crippen LogP contribution in [0.5, 0.6) is 0 Å². The lowest BCUT2D eigenvalue weighted by molar-refractivity contribution is -0.115. The number of para-hydroxylation sites is 2. The van der Waals surface area contributed by atoms with Gasteiger partial charge in [0.2, 0.25) is 5.91 Å². The molecule has 0 radical (unpaired) electrons. The number of nitrogens with one attached hydrogen (secondary N) is 1. The molecule has 0 aliphatic carbocycles. The predicted octanol–water partition coefficient (Wildman–Crippen LogP) is 3.04. The summed E-state index contributed by atoms with van der Waals surface area (Å²) in [6.45, 7) is 1.89. The third kappa shape index (κ3) is 4.40. The molecule has 28 heavy (non-hydrogen) atoms. The number of hydrogen-bond donors (Lipinski definition) is 2. The third-order valence-electron chi connectivity index (χ3n) is 4.15. The van der Waals surface area contributed by atoms with Crippen LogP contribution in [-0.2, 0) is 11.3 Å². The smallest absolute Gasteiger partial charge is 0.262 e.